The SMILES string of the molecule is CC1CC(C(=O)NCC(C)(O)C(=O)O)CO1. The van der Waals surface area contributed by atoms with Crippen molar-refractivity contribution in [1.82, 2.24) is 5.32 Å². The summed E-state index contributed by atoms with van der Waals surface area (Å²) in [5, 5.41) is 20.4. The van der Waals surface area contributed by atoms with Crippen molar-refractivity contribution < 1.29 is 24.5 Å². The van der Waals surface area contributed by atoms with E-state index in [0.29, 0.717) is 13.0 Å². The third-order valence-electron chi connectivity index (χ3n) is 2.64. The van der Waals surface area contributed by atoms with E-state index < -0.39 is 11.6 Å². The van der Waals surface area contributed by atoms with E-state index in [4.69, 9.17) is 9.84 Å². The van der Waals surface area contributed by atoms with E-state index >= 15 is 0 Å². The molecule has 1 aliphatic rings. The highest BCUT2D eigenvalue weighted by atomic mass is 16.5. The summed E-state index contributed by atoms with van der Waals surface area (Å²) in [4.78, 5) is 22.1. The first kappa shape index (κ1) is 12.9. The lowest BCUT2D eigenvalue weighted by molar-refractivity contribution is -0.156. The quantitative estimate of drug-likeness (QED) is 0.598. The average molecular weight is 231 g/mol. The molecule has 0 saturated carbocycles. The summed E-state index contributed by atoms with van der Waals surface area (Å²) in [6.45, 7) is 3.07. The van der Waals surface area contributed by atoms with E-state index in [1.54, 1.807) is 0 Å². The van der Waals surface area contributed by atoms with Gasteiger partial charge in [-0.05, 0) is 20.3 Å². The van der Waals surface area contributed by atoms with Crippen LogP contribution < -0.4 is 5.32 Å². The second kappa shape index (κ2) is 4.80. The second-order valence-electron chi connectivity index (χ2n) is 4.37. The molecule has 1 heterocycles. The lowest BCUT2D eigenvalue weighted by Crippen LogP contribution is -2.48. The Morgan fingerprint density at radius 2 is 2.19 bits per heavy atom. The summed E-state index contributed by atoms with van der Waals surface area (Å²) >= 11 is 0. The standard InChI is InChI=1S/C10H17NO5/c1-6-3-7(4-16-6)8(12)11-5-10(2,15)9(13)14/h6-7,15H,3-5H2,1-2H3,(H,11,12)(H,13,14). The molecule has 3 N–H and O–H groups in total. The van der Waals surface area contributed by atoms with Gasteiger partial charge < -0.3 is 20.3 Å². The average Bonchev–Trinajstić information content (AvgIpc) is 2.61. The van der Waals surface area contributed by atoms with Crippen LogP contribution in [-0.4, -0.2) is 46.9 Å². The number of hydrogen-bond donors (Lipinski definition) is 3. The fourth-order valence-corrected chi connectivity index (χ4v) is 1.48. The van der Waals surface area contributed by atoms with Gasteiger partial charge in [0.15, 0.2) is 5.60 Å². The highest BCUT2D eigenvalue weighted by Gasteiger charge is 2.33. The molecule has 1 fully saturated rings. The summed E-state index contributed by atoms with van der Waals surface area (Å²) in [5.41, 5.74) is -1.93. The number of carbonyl (C=O) groups is 2. The first-order valence-electron chi connectivity index (χ1n) is 5.18. The number of aliphatic hydroxyl groups is 1. The van der Waals surface area contributed by atoms with Gasteiger partial charge in [-0.1, -0.05) is 0 Å². The zero-order valence-electron chi connectivity index (χ0n) is 9.40. The molecule has 0 spiro atoms. The van der Waals surface area contributed by atoms with Crippen molar-refractivity contribution in [3.05, 3.63) is 0 Å². The molecule has 6 heteroatoms. The number of nitrogens with one attached hydrogen (secondary N) is 1. The van der Waals surface area contributed by atoms with E-state index in [9.17, 15) is 14.7 Å². The number of carboxylic acid groups (broad SMARTS) is 1. The van der Waals surface area contributed by atoms with Gasteiger partial charge in [-0.25, -0.2) is 4.79 Å². The van der Waals surface area contributed by atoms with E-state index in [-0.39, 0.29) is 24.5 Å². The molecule has 3 atom stereocenters. The van der Waals surface area contributed by atoms with Gasteiger partial charge in [0.25, 0.3) is 0 Å². The molecule has 16 heavy (non-hydrogen) atoms. The van der Waals surface area contributed by atoms with Crippen LogP contribution in [0.5, 0.6) is 0 Å². The van der Waals surface area contributed by atoms with Gasteiger partial charge in [-0.2, -0.15) is 0 Å². The Balaban J connectivity index is 2.38. The van der Waals surface area contributed by atoms with Gasteiger partial charge in [-0.3, -0.25) is 4.79 Å². The van der Waals surface area contributed by atoms with E-state index in [2.05, 4.69) is 5.32 Å². The van der Waals surface area contributed by atoms with E-state index in [1.165, 1.54) is 0 Å². The molecule has 0 radical (unpaired) electrons. The Labute approximate surface area is 93.6 Å². The summed E-state index contributed by atoms with van der Waals surface area (Å²) in [6.07, 6.45) is 0.678. The molecule has 6 nitrogen and oxygen atoms in total. The van der Waals surface area contributed by atoms with Gasteiger partial charge >= 0.3 is 5.97 Å². The molecule has 1 aliphatic heterocycles. The first-order valence-corrected chi connectivity index (χ1v) is 5.18. The van der Waals surface area contributed by atoms with Gasteiger partial charge in [0.2, 0.25) is 5.91 Å². The van der Waals surface area contributed by atoms with Crippen LogP contribution in [-0.2, 0) is 14.3 Å². The van der Waals surface area contributed by atoms with Gasteiger partial charge in [0.05, 0.1) is 25.2 Å². The molecule has 1 amide bonds. The first-order chi connectivity index (χ1) is 7.33. The molecule has 1 saturated heterocycles. The number of ether oxygens (including phenoxy) is 1. The van der Waals surface area contributed by atoms with Crippen LogP contribution in [0.2, 0.25) is 0 Å². The third-order valence-corrected chi connectivity index (χ3v) is 2.64. The Morgan fingerprint density at radius 3 is 2.62 bits per heavy atom. The Hall–Kier alpha value is -1.14. The van der Waals surface area contributed by atoms with Crippen molar-refractivity contribution in [1.29, 1.82) is 0 Å². The largest absolute Gasteiger partial charge is 0.479 e. The zero-order valence-corrected chi connectivity index (χ0v) is 9.40. The minimum atomic E-state index is -1.93. The third kappa shape index (κ3) is 3.18. The number of hydrogen-bond acceptors (Lipinski definition) is 4. The molecule has 0 aromatic carbocycles. The zero-order chi connectivity index (χ0) is 12.3. The topological polar surface area (TPSA) is 95.9 Å². The Morgan fingerprint density at radius 1 is 1.56 bits per heavy atom. The van der Waals surface area contributed by atoms with Crippen molar-refractivity contribution in [3.63, 3.8) is 0 Å². The molecule has 3 unspecified atom stereocenters. The van der Waals surface area contributed by atoms with Crippen molar-refractivity contribution >= 4 is 11.9 Å². The minimum Gasteiger partial charge on any atom is -0.479 e. The van der Waals surface area contributed by atoms with Gasteiger partial charge in [-0.15, -0.1) is 0 Å². The Bertz CT molecular complexity index is 289. The minimum absolute atomic E-state index is 0.0516. The molecule has 0 aliphatic carbocycles. The van der Waals surface area contributed by atoms with Crippen LogP contribution in [0.1, 0.15) is 20.3 Å². The number of carbonyl (C=O) groups excluding carboxylic acids is 1. The monoisotopic (exact) mass is 231 g/mol. The predicted octanol–water partition coefficient (Wildman–Crippen LogP) is -0.637. The van der Waals surface area contributed by atoms with Gasteiger partial charge in [0.1, 0.15) is 0 Å². The summed E-state index contributed by atoms with van der Waals surface area (Å²) in [7, 11) is 0. The smallest absolute Gasteiger partial charge is 0.337 e. The number of rotatable bonds is 4. The maximum Gasteiger partial charge on any atom is 0.337 e. The van der Waals surface area contributed by atoms with Crippen LogP contribution in [0.15, 0.2) is 0 Å². The van der Waals surface area contributed by atoms with Crippen molar-refractivity contribution in [2.24, 2.45) is 5.92 Å². The van der Waals surface area contributed by atoms with Crippen LogP contribution in [0.4, 0.5) is 0 Å². The van der Waals surface area contributed by atoms with Crippen LogP contribution in [0.25, 0.3) is 0 Å². The molecule has 1 rings (SSSR count). The normalized spacial score (nSPS) is 28.4. The lowest BCUT2D eigenvalue weighted by atomic mass is 10.0. The maximum absolute atomic E-state index is 11.6. The Kier molecular flexibility index (Phi) is 3.88. The molecule has 0 bridgehead atoms. The molecule has 0 aromatic rings. The summed E-state index contributed by atoms with van der Waals surface area (Å²) < 4.78 is 5.23. The van der Waals surface area contributed by atoms with Crippen LogP contribution in [0.3, 0.4) is 0 Å². The highest BCUT2D eigenvalue weighted by molar-refractivity contribution is 5.81. The van der Waals surface area contributed by atoms with Crippen molar-refractivity contribution in [2.75, 3.05) is 13.2 Å². The fourth-order valence-electron chi connectivity index (χ4n) is 1.48. The van der Waals surface area contributed by atoms with E-state index in [0.717, 1.165) is 6.92 Å². The van der Waals surface area contributed by atoms with Crippen LogP contribution in [0, 0.1) is 5.92 Å². The van der Waals surface area contributed by atoms with Crippen LogP contribution >= 0.6 is 0 Å². The molecule has 92 valence electrons. The molecule has 0 aromatic heterocycles. The number of carboxylic acids is 1. The highest BCUT2D eigenvalue weighted by Crippen LogP contribution is 2.19. The summed E-state index contributed by atoms with van der Waals surface area (Å²) in [6, 6.07) is 0. The fraction of sp³-hybridized carbons (Fsp3) is 0.800. The van der Waals surface area contributed by atoms with Crippen molar-refractivity contribution in [3.8, 4) is 0 Å². The second-order valence-corrected chi connectivity index (χ2v) is 4.37. The predicted molar refractivity (Wildman–Crippen MR) is 54.8 cm³/mol. The van der Waals surface area contributed by atoms with Gasteiger partial charge in [0, 0.05) is 0 Å². The van der Waals surface area contributed by atoms with Crippen molar-refractivity contribution in [2.45, 2.75) is 32.0 Å². The summed E-state index contributed by atoms with van der Waals surface area (Å²) in [5.74, 6) is -1.88. The van der Waals surface area contributed by atoms with E-state index in [1.807, 2.05) is 6.92 Å². The number of amides is 1. The molecular formula is C10H17NO5. The number of aliphatic carboxylic acids is 1. The maximum atomic E-state index is 11.6. The lowest BCUT2D eigenvalue weighted by Gasteiger charge is -2.19. The molecular weight excluding hydrogens is 214 g/mol.